The second-order valence-corrected chi connectivity index (χ2v) is 6.31. The first-order valence-electron chi connectivity index (χ1n) is 8.13. The summed E-state index contributed by atoms with van der Waals surface area (Å²) in [5.74, 6) is 0.615. The van der Waals surface area contributed by atoms with Crippen molar-refractivity contribution in [3.05, 3.63) is 42.0 Å². The van der Waals surface area contributed by atoms with Crippen LogP contribution in [0.15, 0.2) is 30.7 Å². The minimum Gasteiger partial charge on any atom is -0.334 e. The number of aromatic nitrogens is 4. The molecule has 3 heterocycles. The van der Waals surface area contributed by atoms with Crippen molar-refractivity contribution >= 4 is 6.03 Å². The number of pyridine rings is 1. The van der Waals surface area contributed by atoms with Crippen molar-refractivity contribution < 1.29 is 4.79 Å². The zero-order valence-corrected chi connectivity index (χ0v) is 12.9. The fourth-order valence-electron chi connectivity index (χ4n) is 2.97. The Bertz CT molecular complexity index is 681. The maximum atomic E-state index is 12.3. The Morgan fingerprint density at radius 3 is 3.04 bits per heavy atom. The van der Waals surface area contributed by atoms with Gasteiger partial charge in [0.1, 0.15) is 0 Å². The smallest absolute Gasteiger partial charge is 0.317 e. The molecule has 0 spiro atoms. The Labute approximate surface area is 134 Å². The van der Waals surface area contributed by atoms with E-state index in [2.05, 4.69) is 26.8 Å². The summed E-state index contributed by atoms with van der Waals surface area (Å²) >= 11 is 0. The van der Waals surface area contributed by atoms with Crippen molar-refractivity contribution in [3.63, 3.8) is 0 Å². The molecule has 1 aliphatic carbocycles. The van der Waals surface area contributed by atoms with Gasteiger partial charge in [0.05, 0.1) is 11.7 Å². The normalized spacial score (nSPS) is 20.7. The fraction of sp³-hybridized carbons (Fsp3) is 0.500. The van der Waals surface area contributed by atoms with Crippen LogP contribution in [0.2, 0.25) is 0 Å². The third-order valence-electron chi connectivity index (χ3n) is 4.51. The number of hydrogen-bond acceptors (Lipinski definition) is 4. The van der Waals surface area contributed by atoms with Crippen molar-refractivity contribution in [1.82, 2.24) is 30.2 Å². The van der Waals surface area contributed by atoms with Crippen molar-refractivity contribution in [3.8, 4) is 0 Å². The van der Waals surface area contributed by atoms with Gasteiger partial charge in [-0.05, 0) is 30.9 Å². The van der Waals surface area contributed by atoms with Gasteiger partial charge in [-0.2, -0.15) is 0 Å². The maximum absolute atomic E-state index is 12.3. The Morgan fingerprint density at radius 1 is 1.35 bits per heavy atom. The molecule has 0 aromatic carbocycles. The highest BCUT2D eigenvalue weighted by atomic mass is 16.2. The monoisotopic (exact) mass is 312 g/mol. The number of carbonyl (C=O) groups excluding carboxylic acids is 1. The molecule has 23 heavy (non-hydrogen) atoms. The van der Waals surface area contributed by atoms with Crippen molar-refractivity contribution in [2.75, 3.05) is 13.1 Å². The lowest BCUT2D eigenvalue weighted by molar-refractivity contribution is 0.206. The van der Waals surface area contributed by atoms with E-state index < -0.39 is 0 Å². The maximum Gasteiger partial charge on any atom is 0.317 e. The first-order chi connectivity index (χ1) is 11.3. The van der Waals surface area contributed by atoms with Gasteiger partial charge in [-0.25, -0.2) is 9.48 Å². The number of rotatable bonds is 4. The predicted octanol–water partition coefficient (Wildman–Crippen LogP) is 1.71. The molecular weight excluding hydrogens is 292 g/mol. The van der Waals surface area contributed by atoms with Crippen LogP contribution in [-0.2, 0) is 6.54 Å². The topological polar surface area (TPSA) is 75.9 Å². The van der Waals surface area contributed by atoms with Gasteiger partial charge in [-0.15, -0.1) is 5.10 Å². The number of amides is 2. The second kappa shape index (κ2) is 5.98. The molecule has 2 aromatic rings. The molecule has 2 fully saturated rings. The lowest BCUT2D eigenvalue weighted by atomic mass is 10.2. The highest BCUT2D eigenvalue weighted by molar-refractivity contribution is 5.74. The molecule has 1 aliphatic heterocycles. The standard InChI is InChI=1S/C16H20N6O/c23-16(18-9-12-2-1-6-17-8-12)21-7-5-14(10-21)22-11-15(19-20-22)13-3-4-13/h1-2,6,8,11,13-14H,3-5,7,9-10H2,(H,18,23). The first-order valence-corrected chi connectivity index (χ1v) is 8.13. The quantitative estimate of drug-likeness (QED) is 0.932. The summed E-state index contributed by atoms with van der Waals surface area (Å²) in [6.07, 6.45) is 8.93. The zero-order valence-electron chi connectivity index (χ0n) is 12.9. The zero-order chi connectivity index (χ0) is 15.6. The van der Waals surface area contributed by atoms with Crippen LogP contribution in [0.4, 0.5) is 4.79 Å². The summed E-state index contributed by atoms with van der Waals surface area (Å²) in [4.78, 5) is 18.2. The number of likely N-dealkylation sites (tertiary alicyclic amines) is 1. The lowest BCUT2D eigenvalue weighted by Gasteiger charge is -2.17. The van der Waals surface area contributed by atoms with Gasteiger partial charge >= 0.3 is 6.03 Å². The highest BCUT2D eigenvalue weighted by Crippen LogP contribution is 2.39. The molecule has 2 amide bonds. The molecule has 0 radical (unpaired) electrons. The van der Waals surface area contributed by atoms with E-state index in [0.717, 1.165) is 24.2 Å². The van der Waals surface area contributed by atoms with E-state index in [1.807, 2.05) is 21.7 Å². The number of nitrogens with one attached hydrogen (secondary N) is 1. The molecule has 0 bridgehead atoms. The summed E-state index contributed by atoms with van der Waals surface area (Å²) in [7, 11) is 0. The highest BCUT2D eigenvalue weighted by Gasteiger charge is 2.31. The van der Waals surface area contributed by atoms with E-state index in [1.165, 1.54) is 12.8 Å². The number of carbonyl (C=O) groups is 1. The third-order valence-corrected chi connectivity index (χ3v) is 4.51. The second-order valence-electron chi connectivity index (χ2n) is 6.31. The van der Waals surface area contributed by atoms with Gasteiger partial charge in [0, 0.05) is 44.1 Å². The van der Waals surface area contributed by atoms with E-state index in [-0.39, 0.29) is 12.1 Å². The van der Waals surface area contributed by atoms with Crippen LogP contribution in [0, 0.1) is 0 Å². The van der Waals surface area contributed by atoms with Crippen LogP contribution >= 0.6 is 0 Å². The van der Waals surface area contributed by atoms with Crippen LogP contribution in [0.25, 0.3) is 0 Å². The van der Waals surface area contributed by atoms with Crippen LogP contribution in [-0.4, -0.2) is 44.0 Å². The first kappa shape index (κ1) is 14.2. The molecule has 120 valence electrons. The van der Waals surface area contributed by atoms with E-state index in [0.29, 0.717) is 19.0 Å². The van der Waals surface area contributed by atoms with Crippen LogP contribution in [0.1, 0.15) is 42.5 Å². The third kappa shape index (κ3) is 3.18. The molecule has 7 heteroatoms. The van der Waals surface area contributed by atoms with E-state index in [4.69, 9.17) is 0 Å². The Kier molecular flexibility index (Phi) is 3.69. The molecule has 1 unspecified atom stereocenters. The summed E-state index contributed by atoms with van der Waals surface area (Å²) < 4.78 is 1.93. The SMILES string of the molecule is O=C(NCc1cccnc1)N1CCC(n2cc(C3CC3)nn2)C1. The molecule has 1 saturated heterocycles. The Hall–Kier alpha value is -2.44. The molecular formula is C16H20N6O. The number of nitrogens with zero attached hydrogens (tertiary/aromatic N) is 5. The molecule has 4 rings (SSSR count). The van der Waals surface area contributed by atoms with Gasteiger partial charge < -0.3 is 10.2 Å². The largest absolute Gasteiger partial charge is 0.334 e. The summed E-state index contributed by atoms with van der Waals surface area (Å²) in [6.45, 7) is 1.94. The summed E-state index contributed by atoms with van der Waals surface area (Å²) in [5, 5.41) is 11.5. The molecule has 1 saturated carbocycles. The van der Waals surface area contributed by atoms with E-state index in [1.54, 1.807) is 12.4 Å². The number of hydrogen-bond donors (Lipinski definition) is 1. The summed E-state index contributed by atoms with van der Waals surface area (Å²) in [5.41, 5.74) is 2.10. The van der Waals surface area contributed by atoms with Crippen LogP contribution in [0.5, 0.6) is 0 Å². The summed E-state index contributed by atoms with van der Waals surface area (Å²) in [6, 6.07) is 4.03. The molecule has 1 atom stereocenters. The van der Waals surface area contributed by atoms with Gasteiger partial charge in [-0.1, -0.05) is 11.3 Å². The average molecular weight is 312 g/mol. The van der Waals surface area contributed by atoms with E-state index >= 15 is 0 Å². The molecule has 2 aromatic heterocycles. The number of urea groups is 1. The lowest BCUT2D eigenvalue weighted by Crippen LogP contribution is -2.38. The van der Waals surface area contributed by atoms with Crippen molar-refractivity contribution in [2.24, 2.45) is 0 Å². The van der Waals surface area contributed by atoms with Crippen LogP contribution in [0.3, 0.4) is 0 Å². The van der Waals surface area contributed by atoms with Gasteiger partial charge in [-0.3, -0.25) is 4.98 Å². The molecule has 7 nitrogen and oxygen atoms in total. The van der Waals surface area contributed by atoms with Crippen LogP contribution < -0.4 is 5.32 Å². The predicted molar refractivity (Wildman–Crippen MR) is 83.7 cm³/mol. The molecule has 1 N–H and O–H groups in total. The molecule has 2 aliphatic rings. The van der Waals surface area contributed by atoms with Crippen molar-refractivity contribution in [1.29, 1.82) is 0 Å². The Balaban J connectivity index is 1.31. The average Bonchev–Trinajstić information content (AvgIpc) is 3.12. The minimum absolute atomic E-state index is 0.0288. The van der Waals surface area contributed by atoms with Gasteiger partial charge in [0.2, 0.25) is 0 Å². The fourth-order valence-corrected chi connectivity index (χ4v) is 2.97. The Morgan fingerprint density at radius 2 is 2.26 bits per heavy atom. The van der Waals surface area contributed by atoms with Gasteiger partial charge in [0.15, 0.2) is 0 Å². The van der Waals surface area contributed by atoms with Crippen molar-refractivity contribution in [2.45, 2.75) is 37.8 Å². The van der Waals surface area contributed by atoms with Gasteiger partial charge in [0.25, 0.3) is 0 Å². The minimum atomic E-state index is -0.0288. The van der Waals surface area contributed by atoms with E-state index in [9.17, 15) is 4.79 Å².